The number of hydrogen-bond donors (Lipinski definition) is 1. The van der Waals surface area contributed by atoms with E-state index in [4.69, 9.17) is 5.11 Å². The third-order valence-corrected chi connectivity index (χ3v) is 5.53. The number of aromatic carboxylic acids is 1. The highest BCUT2D eigenvalue weighted by atomic mass is 32.2. The predicted molar refractivity (Wildman–Crippen MR) is 89.8 cm³/mol. The molecule has 126 valence electrons. The summed E-state index contributed by atoms with van der Waals surface area (Å²) in [6.45, 7) is 0. The molecule has 0 saturated heterocycles. The number of carbonyl (C=O) groups excluding carboxylic acids is 1. The molecule has 1 N–H and O–H groups in total. The third-order valence-electron chi connectivity index (χ3n) is 4.30. The molecule has 1 amide bonds. The standard InChI is InChI=1S/C17H23NO4S/c1-18(15-8-3-2-4-9-15)16(19)12-23(22)11-13-6-5-7-14(10-13)17(20)21/h5-7,10,15H,2-4,8-9,11-12H2,1H3,(H,20,21). The second-order valence-electron chi connectivity index (χ2n) is 6.03. The first-order valence-electron chi connectivity index (χ1n) is 7.90. The van der Waals surface area contributed by atoms with Crippen molar-refractivity contribution < 1.29 is 18.9 Å². The predicted octanol–water partition coefficient (Wildman–Crippen LogP) is 2.42. The molecular weight excluding hydrogens is 314 g/mol. The lowest BCUT2D eigenvalue weighted by Crippen LogP contribution is -2.40. The third kappa shape index (κ3) is 5.16. The monoisotopic (exact) mass is 337 g/mol. The van der Waals surface area contributed by atoms with Crippen molar-refractivity contribution in [2.24, 2.45) is 0 Å². The molecule has 1 atom stereocenters. The van der Waals surface area contributed by atoms with E-state index in [0.29, 0.717) is 5.56 Å². The molecule has 23 heavy (non-hydrogen) atoms. The maximum atomic E-state index is 12.3. The average molecular weight is 337 g/mol. The van der Waals surface area contributed by atoms with Crippen LogP contribution in [-0.4, -0.2) is 44.9 Å². The SMILES string of the molecule is CN(C(=O)CS(=O)Cc1cccc(C(=O)O)c1)C1CCCCC1. The maximum absolute atomic E-state index is 12.3. The Bertz CT molecular complexity index is 596. The zero-order valence-corrected chi connectivity index (χ0v) is 14.2. The van der Waals surface area contributed by atoms with Crippen molar-refractivity contribution >= 4 is 22.7 Å². The Morgan fingerprint density at radius 1 is 1.26 bits per heavy atom. The smallest absolute Gasteiger partial charge is 0.335 e. The van der Waals surface area contributed by atoms with Crippen LogP contribution in [0.15, 0.2) is 24.3 Å². The van der Waals surface area contributed by atoms with E-state index in [-0.39, 0.29) is 29.0 Å². The lowest BCUT2D eigenvalue weighted by atomic mass is 9.94. The van der Waals surface area contributed by atoms with Crippen LogP contribution in [-0.2, 0) is 21.3 Å². The van der Waals surface area contributed by atoms with Gasteiger partial charge in [-0.1, -0.05) is 31.4 Å². The molecule has 1 aromatic rings. The summed E-state index contributed by atoms with van der Waals surface area (Å²) in [5, 5.41) is 8.97. The first kappa shape index (κ1) is 17.7. The van der Waals surface area contributed by atoms with Gasteiger partial charge < -0.3 is 10.0 Å². The quantitative estimate of drug-likeness (QED) is 0.865. The number of carbonyl (C=O) groups is 2. The molecular formula is C17H23NO4S. The van der Waals surface area contributed by atoms with E-state index in [1.54, 1.807) is 24.1 Å². The van der Waals surface area contributed by atoms with Crippen LogP contribution in [0, 0.1) is 0 Å². The van der Waals surface area contributed by atoms with E-state index >= 15 is 0 Å². The summed E-state index contributed by atoms with van der Waals surface area (Å²) in [5.41, 5.74) is 0.849. The lowest BCUT2D eigenvalue weighted by molar-refractivity contribution is -0.129. The van der Waals surface area contributed by atoms with Crippen molar-refractivity contribution in [3.63, 3.8) is 0 Å². The zero-order valence-electron chi connectivity index (χ0n) is 13.4. The fourth-order valence-corrected chi connectivity index (χ4v) is 4.08. The molecule has 1 fully saturated rings. The number of hydrogen-bond acceptors (Lipinski definition) is 3. The summed E-state index contributed by atoms with van der Waals surface area (Å²) in [7, 11) is 0.460. The molecule has 0 aliphatic heterocycles. The lowest BCUT2D eigenvalue weighted by Gasteiger charge is -2.31. The van der Waals surface area contributed by atoms with Crippen molar-refractivity contribution in [3.05, 3.63) is 35.4 Å². The molecule has 1 aliphatic rings. The molecule has 5 nitrogen and oxygen atoms in total. The van der Waals surface area contributed by atoms with Crippen LogP contribution in [0.4, 0.5) is 0 Å². The van der Waals surface area contributed by atoms with Crippen LogP contribution in [0.25, 0.3) is 0 Å². The van der Waals surface area contributed by atoms with Gasteiger partial charge in [-0.15, -0.1) is 0 Å². The topological polar surface area (TPSA) is 74.7 Å². The summed E-state index contributed by atoms with van der Waals surface area (Å²) in [6, 6.07) is 6.64. The zero-order chi connectivity index (χ0) is 16.8. The first-order chi connectivity index (χ1) is 11.0. The van der Waals surface area contributed by atoms with Gasteiger partial charge in [-0.05, 0) is 30.5 Å². The summed E-state index contributed by atoms with van der Waals surface area (Å²) in [6.07, 6.45) is 5.57. The Morgan fingerprint density at radius 2 is 1.96 bits per heavy atom. The van der Waals surface area contributed by atoms with Gasteiger partial charge in [0.2, 0.25) is 5.91 Å². The van der Waals surface area contributed by atoms with Gasteiger partial charge in [0, 0.05) is 29.6 Å². The number of carboxylic acid groups (broad SMARTS) is 1. The van der Waals surface area contributed by atoms with Gasteiger partial charge >= 0.3 is 5.97 Å². The Morgan fingerprint density at radius 3 is 2.61 bits per heavy atom. The summed E-state index contributed by atoms with van der Waals surface area (Å²) < 4.78 is 12.2. The van der Waals surface area contributed by atoms with Crippen molar-refractivity contribution in [2.45, 2.75) is 43.9 Å². The number of benzene rings is 1. The first-order valence-corrected chi connectivity index (χ1v) is 9.39. The fraction of sp³-hybridized carbons (Fsp3) is 0.529. The van der Waals surface area contributed by atoms with Crippen molar-refractivity contribution in [1.29, 1.82) is 0 Å². The summed E-state index contributed by atoms with van der Waals surface area (Å²) >= 11 is 0. The minimum absolute atomic E-state index is 0.00962. The maximum Gasteiger partial charge on any atom is 0.335 e. The van der Waals surface area contributed by atoms with Crippen LogP contribution in [0.5, 0.6) is 0 Å². The van der Waals surface area contributed by atoms with Gasteiger partial charge in [0.1, 0.15) is 5.75 Å². The highest BCUT2D eigenvalue weighted by Crippen LogP contribution is 2.21. The molecule has 1 saturated carbocycles. The van der Waals surface area contributed by atoms with Crippen molar-refractivity contribution in [2.75, 3.05) is 12.8 Å². The van der Waals surface area contributed by atoms with E-state index < -0.39 is 16.8 Å². The molecule has 0 heterocycles. The van der Waals surface area contributed by atoms with E-state index in [0.717, 1.165) is 25.7 Å². The normalized spacial score (nSPS) is 16.7. The Balaban J connectivity index is 1.89. The van der Waals surface area contributed by atoms with Crippen LogP contribution < -0.4 is 0 Å². The minimum atomic E-state index is -1.33. The molecule has 0 aromatic heterocycles. The highest BCUT2D eigenvalue weighted by Gasteiger charge is 2.23. The van der Waals surface area contributed by atoms with Crippen LogP contribution in [0.2, 0.25) is 0 Å². The van der Waals surface area contributed by atoms with Crippen molar-refractivity contribution in [3.8, 4) is 0 Å². The highest BCUT2D eigenvalue weighted by molar-refractivity contribution is 7.84. The molecule has 6 heteroatoms. The Kier molecular flexibility index (Phi) is 6.33. The molecule has 1 aliphatic carbocycles. The molecule has 2 rings (SSSR count). The Hall–Kier alpha value is -1.69. The van der Waals surface area contributed by atoms with Crippen LogP contribution >= 0.6 is 0 Å². The number of nitrogens with zero attached hydrogens (tertiary/aromatic N) is 1. The van der Waals surface area contributed by atoms with Crippen LogP contribution in [0.3, 0.4) is 0 Å². The van der Waals surface area contributed by atoms with Gasteiger partial charge in [0.05, 0.1) is 5.56 Å². The second-order valence-corrected chi connectivity index (χ2v) is 7.49. The van der Waals surface area contributed by atoms with Gasteiger partial charge in [-0.2, -0.15) is 0 Å². The number of rotatable bonds is 6. The van der Waals surface area contributed by atoms with E-state index in [2.05, 4.69) is 0 Å². The largest absolute Gasteiger partial charge is 0.478 e. The fourth-order valence-electron chi connectivity index (χ4n) is 2.94. The molecule has 1 aromatic carbocycles. The van der Waals surface area contributed by atoms with Crippen molar-refractivity contribution in [1.82, 2.24) is 4.90 Å². The number of carboxylic acids is 1. The molecule has 0 radical (unpaired) electrons. The summed E-state index contributed by atoms with van der Waals surface area (Å²) in [5.74, 6) is -0.911. The summed E-state index contributed by atoms with van der Waals surface area (Å²) in [4.78, 5) is 24.9. The van der Waals surface area contributed by atoms with Crippen LogP contribution in [0.1, 0.15) is 48.0 Å². The Labute approximate surface area is 139 Å². The van der Waals surface area contributed by atoms with Gasteiger partial charge in [0.25, 0.3) is 0 Å². The van der Waals surface area contributed by atoms with Gasteiger partial charge in [-0.3, -0.25) is 9.00 Å². The average Bonchev–Trinajstić information content (AvgIpc) is 2.55. The number of amides is 1. The van der Waals surface area contributed by atoms with E-state index in [1.807, 2.05) is 0 Å². The van der Waals surface area contributed by atoms with E-state index in [1.165, 1.54) is 18.6 Å². The second kappa shape index (κ2) is 8.24. The molecule has 0 bridgehead atoms. The van der Waals surface area contributed by atoms with Gasteiger partial charge in [0.15, 0.2) is 0 Å². The molecule has 0 spiro atoms. The molecule has 1 unspecified atom stereocenters. The van der Waals surface area contributed by atoms with E-state index in [9.17, 15) is 13.8 Å². The minimum Gasteiger partial charge on any atom is -0.478 e. The van der Waals surface area contributed by atoms with Gasteiger partial charge in [-0.25, -0.2) is 4.79 Å².